The summed E-state index contributed by atoms with van der Waals surface area (Å²) in [6.45, 7) is 2.21. The smallest absolute Gasteiger partial charge is 0.0902 e. The molecule has 92 valence electrons. The van der Waals surface area contributed by atoms with Crippen LogP contribution in [-0.2, 0) is 0 Å². The highest BCUT2D eigenvalue weighted by Gasteiger charge is 2.25. The Kier molecular flexibility index (Phi) is 4.83. The van der Waals surface area contributed by atoms with Crippen molar-refractivity contribution in [1.82, 2.24) is 4.90 Å². The van der Waals surface area contributed by atoms with Gasteiger partial charge in [0.25, 0.3) is 0 Å². The van der Waals surface area contributed by atoms with Crippen molar-refractivity contribution in [2.75, 3.05) is 18.8 Å². The van der Waals surface area contributed by atoms with E-state index in [-0.39, 0.29) is 0 Å². The lowest BCUT2D eigenvalue weighted by molar-refractivity contribution is 0.323. The maximum Gasteiger partial charge on any atom is 0.0902 e. The van der Waals surface area contributed by atoms with E-state index >= 15 is 0 Å². The zero-order valence-electron chi connectivity index (χ0n) is 9.84. The fourth-order valence-corrected chi connectivity index (χ4v) is 3.39. The fourth-order valence-electron chi connectivity index (χ4n) is 2.21. The minimum absolute atomic E-state index is 0.335. The summed E-state index contributed by atoms with van der Waals surface area (Å²) in [6.07, 6.45) is 2.35. The largest absolute Gasteiger partial charge is 0.392 e. The molecule has 0 amide bonds. The van der Waals surface area contributed by atoms with E-state index in [0.717, 1.165) is 25.3 Å². The van der Waals surface area contributed by atoms with Gasteiger partial charge in [-0.1, -0.05) is 30.4 Å². The summed E-state index contributed by atoms with van der Waals surface area (Å²) in [5, 5.41) is 0. The molecule has 4 heteroatoms. The Bertz CT molecular complexity index is 367. The van der Waals surface area contributed by atoms with Gasteiger partial charge in [0.05, 0.1) is 11.0 Å². The summed E-state index contributed by atoms with van der Waals surface area (Å²) >= 11 is 7.00. The number of nitrogens with zero attached hydrogens (tertiary/aromatic N) is 1. The Hall–Kier alpha value is -0.580. The third-order valence-corrected chi connectivity index (χ3v) is 4.35. The molecule has 1 aromatic rings. The van der Waals surface area contributed by atoms with Gasteiger partial charge < -0.3 is 5.73 Å². The molecule has 0 spiro atoms. The van der Waals surface area contributed by atoms with Gasteiger partial charge >= 0.3 is 0 Å². The minimum Gasteiger partial charge on any atom is -0.392 e. The molecule has 1 fully saturated rings. The van der Waals surface area contributed by atoms with Gasteiger partial charge in [-0.25, -0.2) is 0 Å². The first-order valence-corrected chi connectivity index (χ1v) is 7.38. The number of nitrogens with two attached hydrogens (primary N) is 1. The van der Waals surface area contributed by atoms with Crippen LogP contribution in [-0.4, -0.2) is 34.8 Å². The van der Waals surface area contributed by atoms with Gasteiger partial charge in [-0.2, -0.15) is 0 Å². The van der Waals surface area contributed by atoms with Crippen LogP contribution in [0.2, 0.25) is 0 Å². The molecule has 1 aliphatic heterocycles. The molecule has 0 radical (unpaired) electrons. The number of hydrogen-bond acceptors (Lipinski definition) is 3. The highest BCUT2D eigenvalue weighted by molar-refractivity contribution is 7.99. The van der Waals surface area contributed by atoms with Gasteiger partial charge in [0.2, 0.25) is 0 Å². The van der Waals surface area contributed by atoms with E-state index in [9.17, 15) is 0 Å². The average molecular weight is 266 g/mol. The molecule has 1 heterocycles. The van der Waals surface area contributed by atoms with E-state index in [4.69, 9.17) is 18.0 Å². The van der Waals surface area contributed by atoms with Crippen LogP contribution in [0.4, 0.5) is 0 Å². The van der Waals surface area contributed by atoms with Gasteiger partial charge in [0.15, 0.2) is 0 Å². The Labute approximate surface area is 113 Å². The monoisotopic (exact) mass is 266 g/mol. The van der Waals surface area contributed by atoms with Crippen molar-refractivity contribution in [3.8, 4) is 0 Å². The van der Waals surface area contributed by atoms with Gasteiger partial charge in [-0.15, -0.1) is 11.8 Å². The Morgan fingerprint density at radius 3 is 2.88 bits per heavy atom. The van der Waals surface area contributed by atoms with Gasteiger partial charge in [-0.05, 0) is 31.5 Å². The number of hydrogen-bond donors (Lipinski definition) is 1. The van der Waals surface area contributed by atoms with Crippen molar-refractivity contribution in [2.24, 2.45) is 5.73 Å². The minimum atomic E-state index is 0.335. The van der Waals surface area contributed by atoms with E-state index < -0.39 is 0 Å². The topological polar surface area (TPSA) is 29.3 Å². The molecule has 0 aliphatic carbocycles. The van der Waals surface area contributed by atoms with Crippen molar-refractivity contribution < 1.29 is 0 Å². The number of thioether (sulfide) groups is 1. The number of thiocarbonyl (C=S) groups is 1. The maximum absolute atomic E-state index is 5.75. The second kappa shape index (κ2) is 6.38. The van der Waals surface area contributed by atoms with Crippen molar-refractivity contribution in [2.45, 2.75) is 23.8 Å². The number of rotatable bonds is 5. The summed E-state index contributed by atoms with van der Waals surface area (Å²) in [6, 6.07) is 10.8. The first kappa shape index (κ1) is 12.9. The first-order valence-electron chi connectivity index (χ1n) is 5.98. The van der Waals surface area contributed by atoms with Crippen molar-refractivity contribution >= 4 is 29.0 Å². The van der Waals surface area contributed by atoms with Crippen LogP contribution in [0.1, 0.15) is 12.8 Å². The Morgan fingerprint density at radius 1 is 1.41 bits per heavy atom. The number of benzene rings is 1. The summed E-state index contributed by atoms with van der Waals surface area (Å²) in [4.78, 5) is 4.41. The first-order chi connectivity index (χ1) is 8.27. The van der Waals surface area contributed by atoms with E-state index in [0.29, 0.717) is 11.0 Å². The highest BCUT2D eigenvalue weighted by atomic mass is 32.2. The van der Waals surface area contributed by atoms with Crippen LogP contribution in [0.25, 0.3) is 0 Å². The van der Waals surface area contributed by atoms with E-state index in [1.807, 2.05) is 17.8 Å². The van der Waals surface area contributed by atoms with Crippen LogP contribution in [0.3, 0.4) is 0 Å². The number of likely N-dealkylation sites (tertiary alicyclic amines) is 1. The molecule has 2 N–H and O–H groups in total. The van der Waals surface area contributed by atoms with Crippen LogP contribution >= 0.6 is 24.0 Å². The predicted molar refractivity (Wildman–Crippen MR) is 78.5 cm³/mol. The molecule has 1 atom stereocenters. The molecular formula is C13H18N2S2. The lowest BCUT2D eigenvalue weighted by Crippen LogP contribution is -2.40. The maximum atomic E-state index is 5.75. The van der Waals surface area contributed by atoms with E-state index in [1.165, 1.54) is 11.3 Å². The van der Waals surface area contributed by atoms with E-state index in [2.05, 4.69) is 29.2 Å². The Balaban J connectivity index is 1.77. The molecule has 0 bridgehead atoms. The van der Waals surface area contributed by atoms with Crippen LogP contribution < -0.4 is 5.73 Å². The molecule has 0 saturated carbocycles. The van der Waals surface area contributed by atoms with Crippen molar-refractivity contribution in [3.63, 3.8) is 0 Å². The van der Waals surface area contributed by atoms with E-state index in [1.54, 1.807) is 0 Å². The third kappa shape index (κ3) is 3.69. The average Bonchev–Trinajstić information content (AvgIpc) is 2.79. The normalized spacial score (nSPS) is 20.6. The quantitative estimate of drug-likeness (QED) is 0.655. The van der Waals surface area contributed by atoms with Crippen LogP contribution in [0, 0.1) is 0 Å². The summed E-state index contributed by atoms with van der Waals surface area (Å²) in [5.41, 5.74) is 5.75. The predicted octanol–water partition coefficient (Wildman–Crippen LogP) is 2.53. The molecule has 1 saturated heterocycles. The molecule has 2 nitrogen and oxygen atoms in total. The highest BCUT2D eigenvalue weighted by Crippen LogP contribution is 2.21. The molecule has 1 unspecified atom stereocenters. The van der Waals surface area contributed by atoms with Gasteiger partial charge in [0, 0.05) is 17.2 Å². The second-order valence-electron chi connectivity index (χ2n) is 4.26. The molecule has 1 aliphatic rings. The molecule has 2 rings (SSSR count). The Morgan fingerprint density at radius 2 is 2.18 bits per heavy atom. The van der Waals surface area contributed by atoms with Gasteiger partial charge in [-0.3, -0.25) is 4.90 Å². The van der Waals surface area contributed by atoms with Crippen LogP contribution in [0.15, 0.2) is 35.2 Å². The molecule has 1 aromatic carbocycles. The molecule has 0 aromatic heterocycles. The lowest BCUT2D eigenvalue weighted by Gasteiger charge is -2.22. The SMILES string of the molecule is NC(=S)C1CCCN1CCSc1ccccc1. The summed E-state index contributed by atoms with van der Waals surface area (Å²) < 4.78 is 0. The van der Waals surface area contributed by atoms with Crippen molar-refractivity contribution in [1.29, 1.82) is 0 Å². The summed E-state index contributed by atoms with van der Waals surface area (Å²) in [5.74, 6) is 1.10. The van der Waals surface area contributed by atoms with Crippen LogP contribution in [0.5, 0.6) is 0 Å². The zero-order chi connectivity index (χ0) is 12.1. The van der Waals surface area contributed by atoms with Crippen molar-refractivity contribution in [3.05, 3.63) is 30.3 Å². The lowest BCUT2D eigenvalue weighted by atomic mass is 10.2. The van der Waals surface area contributed by atoms with Gasteiger partial charge in [0.1, 0.15) is 0 Å². The zero-order valence-corrected chi connectivity index (χ0v) is 11.5. The second-order valence-corrected chi connectivity index (χ2v) is 5.90. The fraction of sp³-hybridized carbons (Fsp3) is 0.462. The third-order valence-electron chi connectivity index (χ3n) is 3.08. The summed E-state index contributed by atoms with van der Waals surface area (Å²) in [7, 11) is 0. The molecule has 17 heavy (non-hydrogen) atoms. The standard InChI is InChI=1S/C13H18N2S2/c14-13(16)12-7-4-8-15(12)9-10-17-11-5-2-1-3-6-11/h1-3,5-6,12H,4,7-10H2,(H2,14,16). The molecular weight excluding hydrogens is 248 g/mol.